The molecule has 0 aliphatic rings. The Morgan fingerprint density at radius 1 is 1.25 bits per heavy atom. The number of amides is 1. The fraction of sp³-hybridized carbons (Fsp3) is 0.250. The normalized spacial score (nSPS) is 12.4. The summed E-state index contributed by atoms with van der Waals surface area (Å²) in [6.45, 7) is 3.79. The number of hydrogen-bond donors (Lipinski definition) is 1. The van der Waals surface area contributed by atoms with E-state index in [1.165, 1.54) is 4.68 Å². The van der Waals surface area contributed by atoms with Crippen molar-refractivity contribution in [1.29, 1.82) is 0 Å². The van der Waals surface area contributed by atoms with Crippen LogP contribution >= 0.6 is 0 Å². The number of fused-ring (bicyclic) bond motifs is 3. The molecule has 0 saturated carbocycles. The highest BCUT2D eigenvalue weighted by Crippen LogP contribution is 2.20. The van der Waals surface area contributed by atoms with E-state index >= 15 is 0 Å². The highest BCUT2D eigenvalue weighted by molar-refractivity contribution is 5.83. The second-order valence-electron chi connectivity index (χ2n) is 6.57. The van der Waals surface area contributed by atoms with Gasteiger partial charge in [0, 0.05) is 18.7 Å². The minimum absolute atomic E-state index is 0.288. The smallest absolute Gasteiger partial charge is 0.291 e. The summed E-state index contributed by atoms with van der Waals surface area (Å²) in [7, 11) is 1.60. The number of aryl methyl sites for hydroxylation is 1. The summed E-state index contributed by atoms with van der Waals surface area (Å²) in [6, 6.07) is 10.1. The monoisotopic (exact) mass is 380 g/mol. The quantitative estimate of drug-likeness (QED) is 0.574. The van der Waals surface area contributed by atoms with E-state index in [1.54, 1.807) is 43.8 Å². The zero-order valence-electron chi connectivity index (χ0n) is 15.8. The summed E-state index contributed by atoms with van der Waals surface area (Å²) in [5, 5.41) is 7.20. The predicted molar refractivity (Wildman–Crippen MR) is 104 cm³/mol. The van der Waals surface area contributed by atoms with Crippen molar-refractivity contribution in [3.8, 4) is 5.75 Å². The number of aromatic nitrogens is 3. The molecule has 1 amide bonds. The van der Waals surface area contributed by atoms with E-state index in [0.29, 0.717) is 23.5 Å². The molecular formula is C20H20N4O4. The number of benzene rings is 1. The van der Waals surface area contributed by atoms with Crippen molar-refractivity contribution in [2.24, 2.45) is 0 Å². The predicted octanol–water partition coefficient (Wildman–Crippen LogP) is 2.44. The molecule has 0 saturated heterocycles. The zero-order valence-corrected chi connectivity index (χ0v) is 15.8. The average molecular weight is 380 g/mol. The highest BCUT2D eigenvalue weighted by atomic mass is 16.5. The fourth-order valence-corrected chi connectivity index (χ4v) is 3.25. The molecule has 3 aromatic heterocycles. The Hall–Kier alpha value is -3.55. The van der Waals surface area contributed by atoms with E-state index in [2.05, 4.69) is 10.4 Å². The standard InChI is InChI=1S/C20H20N4O4/c1-12(19(25)21-11-14-4-6-15(27-3)7-5-14)24-20(26)17-10-18-16(8-9-28-18)23(17)13(2)22-24/h4-10,12H,11H2,1-3H3,(H,21,25)/t12-/m1/s1. The molecule has 0 aliphatic heterocycles. The molecule has 8 nitrogen and oxygen atoms in total. The number of methoxy groups -OCH3 is 1. The van der Waals surface area contributed by atoms with Crippen molar-refractivity contribution in [3.63, 3.8) is 0 Å². The van der Waals surface area contributed by atoms with Crippen molar-refractivity contribution >= 4 is 22.5 Å². The van der Waals surface area contributed by atoms with Gasteiger partial charge in [-0.25, -0.2) is 4.68 Å². The van der Waals surface area contributed by atoms with Crippen LogP contribution in [-0.4, -0.2) is 27.2 Å². The van der Waals surface area contributed by atoms with Crippen LogP contribution < -0.4 is 15.6 Å². The second kappa shape index (κ2) is 6.88. The Labute approximate surface area is 160 Å². The van der Waals surface area contributed by atoms with Gasteiger partial charge in [-0.1, -0.05) is 12.1 Å². The Balaban J connectivity index is 1.58. The van der Waals surface area contributed by atoms with Crippen LogP contribution in [0.3, 0.4) is 0 Å². The van der Waals surface area contributed by atoms with Gasteiger partial charge in [0.1, 0.15) is 23.1 Å². The first-order valence-corrected chi connectivity index (χ1v) is 8.88. The molecule has 1 N–H and O–H groups in total. The van der Waals surface area contributed by atoms with Crippen LogP contribution in [0.5, 0.6) is 5.75 Å². The molecule has 0 aliphatic carbocycles. The van der Waals surface area contributed by atoms with Crippen molar-refractivity contribution in [1.82, 2.24) is 19.5 Å². The number of nitrogens with zero attached hydrogens (tertiary/aromatic N) is 3. The molecule has 1 aromatic carbocycles. The molecule has 0 unspecified atom stereocenters. The third-order valence-corrected chi connectivity index (χ3v) is 4.80. The van der Waals surface area contributed by atoms with Crippen LogP contribution in [-0.2, 0) is 11.3 Å². The molecule has 4 aromatic rings. The summed E-state index contributed by atoms with van der Waals surface area (Å²) >= 11 is 0. The van der Waals surface area contributed by atoms with Crippen LogP contribution in [0, 0.1) is 6.92 Å². The highest BCUT2D eigenvalue weighted by Gasteiger charge is 2.21. The van der Waals surface area contributed by atoms with Crippen LogP contribution in [0.1, 0.15) is 24.4 Å². The first-order chi connectivity index (χ1) is 13.5. The second-order valence-corrected chi connectivity index (χ2v) is 6.57. The van der Waals surface area contributed by atoms with Gasteiger partial charge in [-0.05, 0) is 31.5 Å². The number of hydrogen-bond acceptors (Lipinski definition) is 5. The minimum atomic E-state index is -0.754. The molecule has 144 valence electrons. The van der Waals surface area contributed by atoms with Crippen LogP contribution in [0.15, 0.2) is 51.9 Å². The average Bonchev–Trinajstić information content (AvgIpc) is 3.30. The maximum absolute atomic E-state index is 12.9. The third-order valence-electron chi connectivity index (χ3n) is 4.80. The topological polar surface area (TPSA) is 90.8 Å². The Bertz CT molecular complexity index is 1220. The number of carbonyl (C=O) groups excluding carboxylic acids is 1. The first-order valence-electron chi connectivity index (χ1n) is 8.88. The number of furan rings is 1. The van der Waals surface area contributed by atoms with Crippen molar-refractivity contribution < 1.29 is 13.9 Å². The van der Waals surface area contributed by atoms with Gasteiger partial charge >= 0.3 is 0 Å². The minimum Gasteiger partial charge on any atom is -0.497 e. The molecule has 0 spiro atoms. The van der Waals surface area contributed by atoms with E-state index in [-0.39, 0.29) is 11.5 Å². The van der Waals surface area contributed by atoms with Crippen LogP contribution in [0.25, 0.3) is 16.6 Å². The molecule has 28 heavy (non-hydrogen) atoms. The molecule has 0 radical (unpaired) electrons. The first kappa shape index (κ1) is 17.8. The molecule has 4 rings (SSSR count). The van der Waals surface area contributed by atoms with E-state index in [1.807, 2.05) is 24.3 Å². The summed E-state index contributed by atoms with van der Waals surface area (Å²) in [5.41, 5.74) is 2.40. The molecule has 0 bridgehead atoms. The van der Waals surface area contributed by atoms with Crippen molar-refractivity contribution in [2.75, 3.05) is 7.11 Å². The Morgan fingerprint density at radius 3 is 2.71 bits per heavy atom. The fourth-order valence-electron chi connectivity index (χ4n) is 3.25. The van der Waals surface area contributed by atoms with Gasteiger partial charge in [-0.15, -0.1) is 0 Å². The summed E-state index contributed by atoms with van der Waals surface area (Å²) in [4.78, 5) is 25.5. The maximum Gasteiger partial charge on any atom is 0.291 e. The lowest BCUT2D eigenvalue weighted by Gasteiger charge is -2.15. The lowest BCUT2D eigenvalue weighted by Crippen LogP contribution is -2.38. The van der Waals surface area contributed by atoms with E-state index in [4.69, 9.17) is 9.15 Å². The maximum atomic E-state index is 12.9. The molecule has 1 atom stereocenters. The SMILES string of the molecule is COc1ccc(CNC(=O)[C@@H](C)n2nc(C)n3c(cc4occc43)c2=O)cc1. The number of ether oxygens (including phenoxy) is 1. The largest absolute Gasteiger partial charge is 0.497 e. The van der Waals surface area contributed by atoms with Gasteiger partial charge in [0.25, 0.3) is 5.56 Å². The summed E-state index contributed by atoms with van der Waals surface area (Å²) < 4.78 is 13.5. The van der Waals surface area contributed by atoms with E-state index < -0.39 is 6.04 Å². The zero-order chi connectivity index (χ0) is 19.8. The van der Waals surface area contributed by atoms with Crippen molar-refractivity contribution in [3.05, 3.63) is 64.4 Å². The Kier molecular flexibility index (Phi) is 4.38. The van der Waals surface area contributed by atoms with Crippen molar-refractivity contribution in [2.45, 2.75) is 26.4 Å². The van der Waals surface area contributed by atoms with Gasteiger partial charge in [0.15, 0.2) is 5.58 Å². The number of nitrogens with one attached hydrogen (secondary N) is 1. The van der Waals surface area contributed by atoms with Gasteiger partial charge in [0.05, 0.1) is 18.9 Å². The van der Waals surface area contributed by atoms with Crippen LogP contribution in [0.2, 0.25) is 0 Å². The van der Waals surface area contributed by atoms with Gasteiger partial charge in [0.2, 0.25) is 5.91 Å². The number of carbonyl (C=O) groups is 1. The Morgan fingerprint density at radius 2 is 2.00 bits per heavy atom. The molecular weight excluding hydrogens is 360 g/mol. The van der Waals surface area contributed by atoms with Crippen LogP contribution in [0.4, 0.5) is 0 Å². The lowest BCUT2D eigenvalue weighted by atomic mass is 10.2. The van der Waals surface area contributed by atoms with E-state index in [0.717, 1.165) is 16.8 Å². The van der Waals surface area contributed by atoms with Gasteiger partial charge < -0.3 is 14.5 Å². The summed E-state index contributed by atoms with van der Waals surface area (Å²) in [5.74, 6) is 1.06. The lowest BCUT2D eigenvalue weighted by molar-refractivity contribution is -0.124. The van der Waals surface area contributed by atoms with Gasteiger partial charge in [-0.3, -0.25) is 14.0 Å². The summed E-state index contributed by atoms with van der Waals surface area (Å²) in [6.07, 6.45) is 1.57. The van der Waals surface area contributed by atoms with Gasteiger partial charge in [-0.2, -0.15) is 5.10 Å². The third kappa shape index (κ3) is 2.92. The molecule has 0 fully saturated rings. The molecule has 8 heteroatoms. The number of rotatable bonds is 5. The van der Waals surface area contributed by atoms with E-state index in [9.17, 15) is 9.59 Å². The molecule has 3 heterocycles.